The average Bonchev–Trinajstić information content (AvgIpc) is 2.45. The maximum Gasteiger partial charge on any atom is 0.0832 e. The minimum absolute atomic E-state index is 0.625. The molecule has 0 unspecified atom stereocenters. The second-order valence-corrected chi connectivity index (χ2v) is 7.81. The lowest BCUT2D eigenvalue weighted by Gasteiger charge is -2.04. The first-order valence-electron chi connectivity index (χ1n) is 4.37. The molecule has 1 nitrogen and oxygen atoms in total. The van der Waals surface area contributed by atoms with Crippen molar-refractivity contribution < 1.29 is 0 Å². The van der Waals surface area contributed by atoms with Gasteiger partial charge in [-0.15, -0.1) is 23.1 Å². The van der Waals surface area contributed by atoms with E-state index in [1.807, 2.05) is 29.3 Å². The number of halogens is 1. The van der Waals surface area contributed by atoms with E-state index in [1.54, 1.807) is 0 Å². The smallest absolute Gasteiger partial charge is 0.0832 e. The maximum absolute atomic E-state index is 4.36. The number of nitrogens with zero attached hydrogens (tertiary/aromatic N) is 1. The van der Waals surface area contributed by atoms with Gasteiger partial charge >= 0.3 is 0 Å². The van der Waals surface area contributed by atoms with Crippen LogP contribution in [0.3, 0.4) is 0 Å². The van der Waals surface area contributed by atoms with Crippen molar-refractivity contribution in [1.82, 2.24) is 4.98 Å². The molecule has 74 valence electrons. The van der Waals surface area contributed by atoms with Crippen molar-refractivity contribution in [3.8, 4) is 0 Å². The van der Waals surface area contributed by atoms with E-state index >= 15 is 0 Å². The Morgan fingerprint density at radius 3 is 3.00 bits per heavy atom. The summed E-state index contributed by atoms with van der Waals surface area (Å²) in [6, 6.07) is 4.25. The van der Waals surface area contributed by atoms with Crippen molar-refractivity contribution in [3.63, 3.8) is 0 Å². The van der Waals surface area contributed by atoms with Crippen molar-refractivity contribution in [3.05, 3.63) is 21.2 Å². The number of thiophene rings is 1. The minimum atomic E-state index is 0.625. The van der Waals surface area contributed by atoms with Gasteiger partial charge in [0, 0.05) is 16.3 Å². The molecular formula is C10H10INS2. The third kappa shape index (κ3) is 2.23. The molecule has 0 atom stereocenters. The molecule has 2 heterocycles. The lowest BCUT2D eigenvalue weighted by atomic mass is 10.4. The molecule has 0 amide bonds. The molecule has 0 aliphatic heterocycles. The Kier molecular flexibility index (Phi) is 3.34. The lowest BCUT2D eigenvalue weighted by molar-refractivity contribution is 1.11. The van der Waals surface area contributed by atoms with Crippen LogP contribution in [0.2, 0.25) is 0 Å². The number of aromatic nitrogens is 1. The van der Waals surface area contributed by atoms with Crippen LogP contribution in [0.25, 0.3) is 10.2 Å². The first-order chi connectivity index (χ1) is 6.66. The highest BCUT2D eigenvalue weighted by Gasteiger charge is 2.07. The first kappa shape index (κ1) is 10.7. The van der Waals surface area contributed by atoms with Crippen molar-refractivity contribution in [2.45, 2.75) is 24.0 Å². The molecule has 0 aliphatic carbocycles. The molecule has 0 aliphatic rings. The standard InChI is InChI=1S/C10H10INS2/c1-6(2)13-8-3-4-12-7-5-9(11)14-10(7)8/h3-6H,1-2H3. The molecule has 0 fully saturated rings. The molecule has 0 saturated heterocycles. The summed E-state index contributed by atoms with van der Waals surface area (Å²) in [6.45, 7) is 4.44. The minimum Gasteiger partial charge on any atom is -0.255 e. The van der Waals surface area contributed by atoms with Gasteiger partial charge in [0.25, 0.3) is 0 Å². The third-order valence-corrected chi connectivity index (χ3v) is 4.82. The van der Waals surface area contributed by atoms with E-state index in [0.29, 0.717) is 5.25 Å². The molecule has 0 bridgehead atoms. The Bertz CT molecular complexity index is 450. The number of thioether (sulfide) groups is 1. The zero-order valence-corrected chi connectivity index (χ0v) is 11.7. The molecule has 2 aromatic rings. The Hall–Kier alpha value is 0.190. The number of hydrogen-bond acceptors (Lipinski definition) is 3. The third-order valence-electron chi connectivity index (χ3n) is 1.71. The highest BCUT2D eigenvalue weighted by atomic mass is 127. The van der Waals surface area contributed by atoms with Gasteiger partial charge in [0.1, 0.15) is 0 Å². The number of rotatable bonds is 2. The highest BCUT2D eigenvalue weighted by Crippen LogP contribution is 2.35. The average molecular weight is 335 g/mol. The summed E-state index contributed by atoms with van der Waals surface area (Å²) in [7, 11) is 0. The fraction of sp³-hybridized carbons (Fsp3) is 0.300. The SMILES string of the molecule is CC(C)Sc1ccnc2cc(I)sc12. The van der Waals surface area contributed by atoms with Crippen LogP contribution in [-0.2, 0) is 0 Å². The molecule has 2 aromatic heterocycles. The Morgan fingerprint density at radius 1 is 1.50 bits per heavy atom. The van der Waals surface area contributed by atoms with Crippen LogP contribution >= 0.6 is 45.7 Å². The van der Waals surface area contributed by atoms with Crippen LogP contribution in [-0.4, -0.2) is 10.2 Å². The number of fused-ring (bicyclic) bond motifs is 1. The molecule has 4 heteroatoms. The fourth-order valence-corrected chi connectivity index (χ4v) is 4.07. The van der Waals surface area contributed by atoms with Crippen molar-refractivity contribution >= 4 is 55.9 Å². The second kappa shape index (κ2) is 4.37. The zero-order valence-electron chi connectivity index (χ0n) is 7.95. The van der Waals surface area contributed by atoms with Crippen LogP contribution in [0.5, 0.6) is 0 Å². The van der Waals surface area contributed by atoms with Gasteiger partial charge in [-0.25, -0.2) is 0 Å². The largest absolute Gasteiger partial charge is 0.255 e. The van der Waals surface area contributed by atoms with Gasteiger partial charge in [0.15, 0.2) is 0 Å². The Morgan fingerprint density at radius 2 is 2.29 bits per heavy atom. The van der Waals surface area contributed by atoms with Crippen LogP contribution in [0.4, 0.5) is 0 Å². The summed E-state index contributed by atoms with van der Waals surface area (Å²) in [5.41, 5.74) is 1.13. The van der Waals surface area contributed by atoms with E-state index in [4.69, 9.17) is 0 Å². The van der Waals surface area contributed by atoms with Gasteiger partial charge < -0.3 is 0 Å². The number of hydrogen-bond donors (Lipinski definition) is 0. The van der Waals surface area contributed by atoms with Crippen LogP contribution in [0.15, 0.2) is 23.2 Å². The number of pyridine rings is 1. The van der Waals surface area contributed by atoms with Gasteiger partial charge in [-0.2, -0.15) is 0 Å². The van der Waals surface area contributed by atoms with Crippen LogP contribution in [0.1, 0.15) is 13.8 Å². The van der Waals surface area contributed by atoms with E-state index in [-0.39, 0.29) is 0 Å². The normalized spacial score (nSPS) is 11.4. The molecular weight excluding hydrogens is 325 g/mol. The summed E-state index contributed by atoms with van der Waals surface area (Å²) >= 11 is 6.08. The van der Waals surface area contributed by atoms with Gasteiger partial charge in [-0.05, 0) is 34.7 Å². The van der Waals surface area contributed by atoms with Gasteiger partial charge in [0.2, 0.25) is 0 Å². The topological polar surface area (TPSA) is 12.9 Å². The summed E-state index contributed by atoms with van der Waals surface area (Å²) in [6.07, 6.45) is 1.90. The molecule has 0 saturated carbocycles. The van der Waals surface area contributed by atoms with E-state index in [9.17, 15) is 0 Å². The molecule has 0 aromatic carbocycles. The van der Waals surface area contributed by atoms with Gasteiger partial charge in [-0.1, -0.05) is 13.8 Å². The lowest BCUT2D eigenvalue weighted by Crippen LogP contribution is -1.86. The van der Waals surface area contributed by atoms with Crippen molar-refractivity contribution in [2.75, 3.05) is 0 Å². The quantitative estimate of drug-likeness (QED) is 0.596. The monoisotopic (exact) mass is 335 g/mol. The maximum atomic E-state index is 4.36. The zero-order chi connectivity index (χ0) is 10.1. The second-order valence-electron chi connectivity index (χ2n) is 3.24. The molecule has 14 heavy (non-hydrogen) atoms. The van der Waals surface area contributed by atoms with E-state index in [2.05, 4.69) is 53.6 Å². The molecule has 2 rings (SSSR count). The molecule has 0 spiro atoms. The van der Waals surface area contributed by atoms with Gasteiger partial charge in [0.05, 0.1) is 13.1 Å². The van der Waals surface area contributed by atoms with Crippen molar-refractivity contribution in [1.29, 1.82) is 0 Å². The molecule has 0 N–H and O–H groups in total. The van der Waals surface area contributed by atoms with Crippen molar-refractivity contribution in [2.24, 2.45) is 0 Å². The Labute approximate surface area is 105 Å². The van der Waals surface area contributed by atoms with E-state index in [0.717, 1.165) is 5.52 Å². The highest BCUT2D eigenvalue weighted by molar-refractivity contribution is 14.1. The Balaban J connectivity index is 2.53. The van der Waals surface area contributed by atoms with E-state index < -0.39 is 0 Å². The molecule has 0 radical (unpaired) electrons. The van der Waals surface area contributed by atoms with E-state index in [1.165, 1.54) is 12.5 Å². The van der Waals surface area contributed by atoms with Crippen LogP contribution in [0, 0.1) is 2.88 Å². The summed E-state index contributed by atoms with van der Waals surface area (Å²) in [5.74, 6) is 0. The summed E-state index contributed by atoms with van der Waals surface area (Å²) in [4.78, 5) is 5.72. The van der Waals surface area contributed by atoms with Gasteiger partial charge in [-0.3, -0.25) is 4.98 Å². The summed E-state index contributed by atoms with van der Waals surface area (Å²) < 4.78 is 2.64. The predicted octanol–water partition coefficient (Wildman–Crippen LogP) is 4.40. The predicted molar refractivity (Wildman–Crippen MR) is 73.3 cm³/mol. The first-order valence-corrected chi connectivity index (χ1v) is 7.15. The van der Waals surface area contributed by atoms with Crippen LogP contribution < -0.4 is 0 Å². The fourth-order valence-electron chi connectivity index (χ4n) is 1.23. The summed E-state index contributed by atoms with van der Waals surface area (Å²) in [5, 5.41) is 0.625.